The van der Waals surface area contributed by atoms with Crippen LogP contribution in [0.3, 0.4) is 0 Å². The van der Waals surface area contributed by atoms with Crippen molar-refractivity contribution in [2.75, 3.05) is 22.7 Å². The first kappa shape index (κ1) is 17.9. The number of nitrogens with zero attached hydrogens (tertiary/aromatic N) is 3. The molecule has 0 aromatic heterocycles. The van der Waals surface area contributed by atoms with Gasteiger partial charge in [0.05, 0.1) is 59.2 Å². The van der Waals surface area contributed by atoms with Gasteiger partial charge in [-0.1, -0.05) is 154 Å². The molecule has 0 bridgehead atoms. The average Bonchev–Trinajstić information content (AvgIpc) is 0.735. The van der Waals surface area contributed by atoms with Crippen LogP contribution in [0, 0.1) is 0 Å². The van der Waals surface area contributed by atoms with Crippen LogP contribution in [0.4, 0.5) is 44.2 Å². The van der Waals surface area contributed by atoms with E-state index in [0.29, 0.717) is 4.90 Å². The van der Waals surface area contributed by atoms with E-state index < -0.39 is 223 Å². The fourth-order valence-corrected chi connectivity index (χ4v) is 4.23. The molecule has 2 N–H and O–H groups in total. The fourth-order valence-electron chi connectivity index (χ4n) is 3.44. The van der Waals surface area contributed by atoms with Gasteiger partial charge in [-0.05, 0) is 133 Å². The molecule has 8 aromatic rings. The van der Waals surface area contributed by atoms with Crippen molar-refractivity contribution >= 4 is 124 Å². The second-order valence-corrected chi connectivity index (χ2v) is 12.6. The SMILES string of the molecule is [2H]CF.[2H]c1c([2H])c(N(c2c([2H])c([2H])c(Br)c([2H])c2[2H])c2c([2H])c([2H])c(Br)c([2H])c2[2H])c([2H])c([2H])c1Br.[2H]c1c([2H])c([2H])c(Br)c([2H])c1[2H].[2H]c1c([2H])c([2H])c(N(c2c([2H])c([2H])c([2H])c([2H])c2[2H])c2c([2H])c([2H])c([2H])c([2H])c2[2H])c([2H])c1[2H].[2H]c1c([2H])c([2H])c(N)c([2H])c1[2H].[B]=NS. The van der Waals surface area contributed by atoms with Gasteiger partial charge >= 0.3 is 24.8 Å². The van der Waals surface area contributed by atoms with E-state index in [4.69, 9.17) is 57.8 Å². The summed E-state index contributed by atoms with van der Waals surface area (Å²) >= 11 is 15.1. The van der Waals surface area contributed by atoms with Gasteiger partial charge in [0.25, 0.3) is 0 Å². The van der Waals surface area contributed by atoms with E-state index in [9.17, 15) is 4.39 Å². The van der Waals surface area contributed by atoms with Gasteiger partial charge < -0.3 is 15.5 Å². The number of halogens is 5. The molecule has 0 aliphatic carbocycles. The van der Waals surface area contributed by atoms with E-state index in [1.807, 2.05) is 0 Å². The molecule has 0 fully saturated rings. The van der Waals surface area contributed by atoms with Gasteiger partial charge in [-0.15, -0.1) is 0 Å². The van der Waals surface area contributed by atoms with E-state index in [2.05, 4.69) is 88.5 Å². The van der Waals surface area contributed by atoms with E-state index in [1.54, 1.807) is 0 Å². The van der Waals surface area contributed by atoms with Crippen LogP contribution in [0.25, 0.3) is 0 Å². The second kappa shape index (κ2) is 29.4. The Morgan fingerprint density at radius 3 is 0.867 bits per heavy atom. The number of nitrogen functional groups attached to an aromatic ring is 1. The van der Waals surface area contributed by atoms with E-state index in [1.165, 1.54) is 0 Å². The summed E-state index contributed by atoms with van der Waals surface area (Å²) in [4.78, 5) is 1.27. The Morgan fingerprint density at radius 2 is 0.617 bits per heavy atom. The summed E-state index contributed by atoms with van der Waals surface area (Å²) in [5.74, 6) is 0. The number of hydrogen-bond acceptors (Lipinski definition) is 5. The minimum atomic E-state index is -1.00. The molecular formula is C49H43BBr4FN4S. The van der Waals surface area contributed by atoms with Crippen LogP contribution in [-0.2, 0) is 0 Å². The van der Waals surface area contributed by atoms with Gasteiger partial charge in [0, 0.05) is 57.7 Å². The molecule has 0 unspecified atom stereocenters. The molecule has 303 valence electrons. The third-order valence-electron chi connectivity index (χ3n) is 5.53. The van der Waals surface area contributed by atoms with Gasteiger partial charge in [0.15, 0.2) is 0 Å². The Kier molecular flexibility index (Phi) is 8.79. The number of hydrogen-bond donors (Lipinski definition) is 2. The number of thiol groups is 1. The molecule has 0 saturated carbocycles. The molecular weight excluding hydrogens is 1030 g/mol. The maximum absolute atomic E-state index is 9.96. The number of nitrogens with two attached hydrogens (primary N) is 1. The van der Waals surface area contributed by atoms with Crippen molar-refractivity contribution in [3.63, 3.8) is 0 Å². The summed E-state index contributed by atoms with van der Waals surface area (Å²) < 4.78 is 311. The number of benzene rings is 8. The predicted molar refractivity (Wildman–Crippen MR) is 275 cm³/mol. The predicted octanol–water partition coefficient (Wildman–Crippen LogP) is 17.1. The Morgan fingerprint density at radius 1 is 0.433 bits per heavy atom. The fraction of sp³-hybridized carbons (Fsp3) is 0.0204. The molecule has 0 heterocycles. The summed E-state index contributed by atoms with van der Waals surface area (Å²) in [6.07, 6.45) is 0. The molecule has 4 nitrogen and oxygen atoms in total. The molecule has 0 aliphatic rings. The summed E-state index contributed by atoms with van der Waals surface area (Å²) in [6.45, 7) is 0. The monoisotopic (exact) mass is 1100 g/mol. The van der Waals surface area contributed by atoms with Crippen molar-refractivity contribution in [1.82, 2.24) is 0 Å². The van der Waals surface area contributed by atoms with Gasteiger partial charge in [-0.2, -0.15) is 0 Å². The van der Waals surface area contributed by atoms with Crippen molar-refractivity contribution in [2.45, 2.75) is 0 Å². The molecule has 11 heteroatoms. The van der Waals surface area contributed by atoms with Crippen molar-refractivity contribution < 1.29 is 56.5 Å². The normalized spacial score (nSPS) is 18.2. The first-order chi connectivity index (χ1) is 45.1. The summed E-state index contributed by atoms with van der Waals surface area (Å²) in [5.41, 5.74) is 1.11. The molecule has 0 aliphatic heterocycles. The van der Waals surface area contributed by atoms with Crippen LogP contribution in [0.1, 0.15) is 52.1 Å². The van der Waals surface area contributed by atoms with Gasteiger partial charge in [0.1, 0.15) is 0 Å². The number of alkyl halides is 1. The van der Waals surface area contributed by atoms with Gasteiger partial charge in [-0.3, -0.25) is 4.39 Å². The molecule has 1 radical (unpaired) electrons. The Balaban J connectivity index is 0.000000362. The zero-order valence-corrected chi connectivity index (χ0v) is 36.8. The zero-order valence-electron chi connectivity index (χ0n) is 67.5. The van der Waals surface area contributed by atoms with Crippen LogP contribution in [0.15, 0.2) is 246 Å². The van der Waals surface area contributed by atoms with Crippen molar-refractivity contribution in [3.05, 3.63) is 241 Å². The molecule has 0 amide bonds. The third-order valence-corrected chi connectivity index (χ3v) is 7.12. The van der Waals surface area contributed by atoms with Crippen molar-refractivity contribution in [2.24, 2.45) is 4.30 Å². The maximum atomic E-state index is 9.96. The van der Waals surface area contributed by atoms with Crippen LogP contribution >= 0.6 is 76.5 Å². The number of para-hydroxylation sites is 4. The first-order valence-electron chi connectivity index (χ1n) is 34.3. The van der Waals surface area contributed by atoms with E-state index in [-0.39, 0.29) is 65.9 Å². The van der Waals surface area contributed by atoms with E-state index in [0.717, 1.165) is 4.90 Å². The van der Waals surface area contributed by atoms with Crippen LogP contribution in [0.5, 0.6) is 0 Å². The van der Waals surface area contributed by atoms with Crippen molar-refractivity contribution in [1.29, 1.82) is 0 Å². The summed E-state index contributed by atoms with van der Waals surface area (Å²) in [6, 6.07) is -23.0. The standard InChI is InChI=1S/C18H12Br3N.C18H15N.C6H5Br.C6H7N.CH3F.BHNS/c19-13-1-7-16(8-2-13)22(17-9-3-14(20)4-10-17)18-11-5-15(21)6-12-18;1-4-10-16(11-5-1)19(17-12-6-2-7-13-17)18-14-8-3-9-15-18;2*7-6-4-2-1-3-5-6;1-2;1-2-3/h1-12H;1-15H;1-5H;1-5H,7H2;1H3;3H/i1D,2D,3D,4D,5D,6D,7D,8D,9D,10D,11D,12D;1D,2D,3D,4D,5D,6D,7D,8D,9D,10D,11D,12D,13D,14D,15D;2*1D,2D,3D,4D,5D;1D;. The second-order valence-electron chi connectivity index (χ2n) is 9.17. The molecule has 0 spiro atoms. The topological polar surface area (TPSA) is 44.9 Å². The molecule has 0 saturated heterocycles. The third kappa shape index (κ3) is 18.2. The van der Waals surface area contributed by atoms with Gasteiger partial charge in [-0.25, -0.2) is 0 Å². The molecule has 8 rings (SSSR count). The van der Waals surface area contributed by atoms with Gasteiger partial charge in [0.2, 0.25) is 0 Å². The Labute approximate surface area is 447 Å². The Bertz CT molecular complexity index is 3530. The van der Waals surface area contributed by atoms with Crippen LogP contribution in [-0.4, -0.2) is 14.8 Å². The molecule has 0 atom stereocenters. The Hall–Kier alpha value is -4.78. The molecule has 8 aromatic carbocycles. The summed E-state index contributed by atoms with van der Waals surface area (Å²) in [5, 5.41) is 0. The van der Waals surface area contributed by atoms with E-state index >= 15 is 0 Å². The van der Waals surface area contributed by atoms with Crippen LogP contribution < -0.4 is 15.5 Å². The number of rotatable bonds is 6. The molecule has 60 heavy (non-hydrogen) atoms. The quantitative estimate of drug-likeness (QED) is 0.0991. The number of anilines is 7. The van der Waals surface area contributed by atoms with Crippen molar-refractivity contribution in [3.8, 4) is 0 Å². The first-order valence-corrected chi connectivity index (χ1v) is 18.7. The zero-order chi connectivity index (χ0) is 76.3. The summed E-state index contributed by atoms with van der Waals surface area (Å²) in [7, 11) is 3.34. The van der Waals surface area contributed by atoms with Crippen LogP contribution in [0.2, 0.25) is 0 Å². The minimum absolute atomic E-state index is 0.105. The average molecular weight is 1110 g/mol.